The van der Waals surface area contributed by atoms with Gasteiger partial charge in [0.25, 0.3) is 5.91 Å². The molecule has 0 saturated heterocycles. The quantitative estimate of drug-likeness (QED) is 0.659. The Bertz CT molecular complexity index is 754. The summed E-state index contributed by atoms with van der Waals surface area (Å²) >= 11 is 3.08. The zero-order valence-electron chi connectivity index (χ0n) is 11.2. The Morgan fingerprint density at radius 2 is 2.18 bits per heavy atom. The molecule has 9 heteroatoms. The van der Waals surface area contributed by atoms with Crippen molar-refractivity contribution in [3.63, 3.8) is 0 Å². The molecular weight excluding hydrogens is 361 g/mol. The first-order valence-corrected chi connectivity index (χ1v) is 6.66. The molecule has 0 aliphatic rings. The maximum absolute atomic E-state index is 12.9. The van der Waals surface area contributed by atoms with Crippen LogP contribution in [0.15, 0.2) is 34.9 Å². The number of carbonyl (C=O) groups excluding carboxylic acids is 1. The Labute approximate surface area is 132 Å². The van der Waals surface area contributed by atoms with E-state index in [1.165, 1.54) is 25.3 Å². The second kappa shape index (κ2) is 6.48. The first-order valence-electron chi connectivity index (χ1n) is 5.87. The molecule has 0 aliphatic heterocycles. The molecule has 1 heterocycles. The lowest BCUT2D eigenvalue weighted by atomic mass is 10.1. The molecule has 0 fully saturated rings. The van der Waals surface area contributed by atoms with Crippen LogP contribution in [0.5, 0.6) is 5.75 Å². The van der Waals surface area contributed by atoms with E-state index in [1.807, 2.05) is 0 Å². The number of nitro benzene ring substituents is 1. The normalized spacial score (nSPS) is 10.1. The zero-order chi connectivity index (χ0) is 16.3. The minimum atomic E-state index is -0.612. The van der Waals surface area contributed by atoms with Gasteiger partial charge in [0.2, 0.25) is 0 Å². The lowest BCUT2D eigenvalue weighted by Crippen LogP contribution is -2.13. The second-order valence-corrected chi connectivity index (χ2v) is 4.94. The number of nitrogens with one attached hydrogen (secondary N) is 1. The van der Waals surface area contributed by atoms with E-state index in [9.17, 15) is 19.3 Å². The summed E-state index contributed by atoms with van der Waals surface area (Å²) in [6.07, 6.45) is 0.955. The summed E-state index contributed by atoms with van der Waals surface area (Å²) in [5, 5.41) is 13.3. The van der Waals surface area contributed by atoms with Crippen molar-refractivity contribution in [1.29, 1.82) is 0 Å². The van der Waals surface area contributed by atoms with E-state index in [4.69, 9.17) is 4.74 Å². The van der Waals surface area contributed by atoms with E-state index < -0.39 is 16.6 Å². The van der Waals surface area contributed by atoms with Crippen LogP contribution in [0.3, 0.4) is 0 Å². The number of halogens is 2. The third-order valence-electron chi connectivity index (χ3n) is 2.68. The Balaban J connectivity index is 2.28. The molecule has 1 aromatic heterocycles. The lowest BCUT2D eigenvalue weighted by molar-refractivity contribution is -0.385. The number of pyridine rings is 1. The standard InChI is InChI=1S/C13H9BrFN3O4/c1-22-11-4-7(2-3-10(11)18(20)21)13(19)17-12-9(14)5-8(15)6-16-12/h2-6H,1H3,(H,16,17,19). The number of aromatic nitrogens is 1. The molecule has 0 bridgehead atoms. The molecule has 0 spiro atoms. The molecule has 1 N–H and O–H groups in total. The van der Waals surface area contributed by atoms with Gasteiger partial charge in [0.1, 0.15) is 11.6 Å². The molecule has 0 atom stereocenters. The largest absolute Gasteiger partial charge is 0.490 e. The van der Waals surface area contributed by atoms with E-state index in [0.717, 1.165) is 12.3 Å². The van der Waals surface area contributed by atoms with Crippen LogP contribution in [0, 0.1) is 15.9 Å². The van der Waals surface area contributed by atoms with Crippen LogP contribution in [0.1, 0.15) is 10.4 Å². The van der Waals surface area contributed by atoms with Crippen molar-refractivity contribution in [2.75, 3.05) is 12.4 Å². The fraction of sp³-hybridized carbons (Fsp3) is 0.0769. The summed E-state index contributed by atoms with van der Waals surface area (Å²) in [4.78, 5) is 26.0. The maximum atomic E-state index is 12.9. The van der Waals surface area contributed by atoms with Crippen LogP contribution in [0.2, 0.25) is 0 Å². The van der Waals surface area contributed by atoms with Crippen LogP contribution in [-0.2, 0) is 0 Å². The maximum Gasteiger partial charge on any atom is 0.310 e. The summed E-state index contributed by atoms with van der Waals surface area (Å²) in [7, 11) is 1.27. The second-order valence-electron chi connectivity index (χ2n) is 4.08. The van der Waals surface area contributed by atoms with Gasteiger partial charge in [-0.3, -0.25) is 14.9 Å². The molecule has 114 valence electrons. The smallest absolute Gasteiger partial charge is 0.310 e. The van der Waals surface area contributed by atoms with E-state index in [0.29, 0.717) is 0 Å². The lowest BCUT2D eigenvalue weighted by Gasteiger charge is -2.08. The van der Waals surface area contributed by atoms with Gasteiger partial charge in [-0.2, -0.15) is 0 Å². The molecule has 0 unspecified atom stereocenters. The minimum Gasteiger partial charge on any atom is -0.490 e. The number of anilines is 1. The Kier molecular flexibility index (Phi) is 4.66. The molecule has 0 radical (unpaired) electrons. The van der Waals surface area contributed by atoms with E-state index >= 15 is 0 Å². The summed E-state index contributed by atoms with van der Waals surface area (Å²) < 4.78 is 18.1. The molecule has 22 heavy (non-hydrogen) atoms. The van der Waals surface area contributed by atoms with Gasteiger partial charge >= 0.3 is 5.69 Å². The fourth-order valence-electron chi connectivity index (χ4n) is 1.66. The molecule has 1 aromatic carbocycles. The van der Waals surface area contributed by atoms with Crippen LogP contribution in [0.4, 0.5) is 15.9 Å². The molecule has 1 amide bonds. The summed E-state index contributed by atoms with van der Waals surface area (Å²) in [5.74, 6) is -1.03. The number of hydrogen-bond donors (Lipinski definition) is 1. The Morgan fingerprint density at radius 1 is 1.45 bits per heavy atom. The zero-order valence-corrected chi connectivity index (χ0v) is 12.8. The van der Waals surface area contributed by atoms with Crippen LogP contribution >= 0.6 is 15.9 Å². The van der Waals surface area contributed by atoms with Crippen LogP contribution < -0.4 is 10.1 Å². The van der Waals surface area contributed by atoms with Crippen LogP contribution in [-0.4, -0.2) is 22.9 Å². The van der Waals surface area contributed by atoms with Crippen molar-refractivity contribution in [3.05, 3.63) is 56.4 Å². The van der Waals surface area contributed by atoms with Gasteiger partial charge in [-0.05, 0) is 28.1 Å². The van der Waals surface area contributed by atoms with E-state index in [-0.39, 0.29) is 27.3 Å². The third-order valence-corrected chi connectivity index (χ3v) is 3.28. The molecule has 2 aromatic rings. The number of nitro groups is 1. The highest BCUT2D eigenvalue weighted by atomic mass is 79.9. The van der Waals surface area contributed by atoms with E-state index in [2.05, 4.69) is 26.2 Å². The fourth-order valence-corrected chi connectivity index (χ4v) is 2.08. The first-order chi connectivity index (χ1) is 10.4. The number of nitrogens with zero attached hydrogens (tertiary/aromatic N) is 2. The molecule has 2 rings (SSSR count). The molecule has 0 aliphatic carbocycles. The van der Waals surface area contributed by atoms with Gasteiger partial charge in [0, 0.05) is 17.7 Å². The minimum absolute atomic E-state index is 0.0382. The van der Waals surface area contributed by atoms with Gasteiger partial charge < -0.3 is 10.1 Å². The molecular formula is C13H9BrFN3O4. The summed E-state index contributed by atoms with van der Waals surface area (Å²) in [5.41, 5.74) is -0.111. The van der Waals surface area contributed by atoms with E-state index in [1.54, 1.807) is 0 Å². The highest BCUT2D eigenvalue weighted by Gasteiger charge is 2.18. The van der Waals surface area contributed by atoms with Crippen molar-refractivity contribution in [2.24, 2.45) is 0 Å². The van der Waals surface area contributed by atoms with Crippen molar-refractivity contribution in [2.45, 2.75) is 0 Å². The number of rotatable bonds is 4. The SMILES string of the molecule is COc1cc(C(=O)Nc2ncc(F)cc2Br)ccc1[N+](=O)[O-]. The number of ether oxygens (including phenoxy) is 1. The summed E-state index contributed by atoms with van der Waals surface area (Å²) in [6.45, 7) is 0. The van der Waals surface area contributed by atoms with Crippen molar-refractivity contribution in [1.82, 2.24) is 4.98 Å². The number of carbonyl (C=O) groups is 1. The predicted octanol–water partition coefficient (Wildman–Crippen LogP) is 3.15. The predicted molar refractivity (Wildman–Crippen MR) is 79.5 cm³/mol. The number of hydrogen-bond acceptors (Lipinski definition) is 5. The van der Waals surface area contributed by atoms with Gasteiger partial charge in [-0.15, -0.1) is 0 Å². The van der Waals surface area contributed by atoms with Gasteiger partial charge in [-0.25, -0.2) is 9.37 Å². The van der Waals surface area contributed by atoms with Gasteiger partial charge in [-0.1, -0.05) is 0 Å². The van der Waals surface area contributed by atoms with Crippen molar-refractivity contribution in [3.8, 4) is 5.75 Å². The highest BCUT2D eigenvalue weighted by Crippen LogP contribution is 2.28. The monoisotopic (exact) mass is 369 g/mol. The van der Waals surface area contributed by atoms with Crippen molar-refractivity contribution >= 4 is 33.3 Å². The van der Waals surface area contributed by atoms with Crippen LogP contribution in [0.25, 0.3) is 0 Å². The highest BCUT2D eigenvalue weighted by molar-refractivity contribution is 9.10. The Hall–Kier alpha value is -2.55. The van der Waals surface area contributed by atoms with Gasteiger partial charge in [0.05, 0.1) is 22.7 Å². The third kappa shape index (κ3) is 3.37. The number of amides is 1. The molecule has 0 saturated carbocycles. The molecule has 7 nitrogen and oxygen atoms in total. The number of benzene rings is 1. The summed E-state index contributed by atoms with van der Waals surface area (Å²) in [6, 6.07) is 4.85. The first kappa shape index (κ1) is 15.8. The van der Waals surface area contributed by atoms with Crippen molar-refractivity contribution < 1.29 is 18.8 Å². The Morgan fingerprint density at radius 3 is 2.77 bits per heavy atom. The number of methoxy groups -OCH3 is 1. The van der Waals surface area contributed by atoms with Gasteiger partial charge in [0.15, 0.2) is 5.75 Å². The average molecular weight is 370 g/mol. The average Bonchev–Trinajstić information content (AvgIpc) is 2.49. The topological polar surface area (TPSA) is 94.4 Å².